The third kappa shape index (κ3) is 2.81. The van der Waals surface area contributed by atoms with Crippen LogP contribution in [-0.2, 0) is 18.3 Å². The number of rotatable bonds is 2. The van der Waals surface area contributed by atoms with Crippen molar-refractivity contribution in [1.29, 1.82) is 0 Å². The van der Waals surface area contributed by atoms with Crippen LogP contribution in [0.2, 0.25) is 5.02 Å². The van der Waals surface area contributed by atoms with Crippen LogP contribution < -0.4 is 9.64 Å². The second kappa shape index (κ2) is 5.89. The van der Waals surface area contributed by atoms with Gasteiger partial charge in [-0.05, 0) is 32.9 Å². The van der Waals surface area contributed by atoms with Gasteiger partial charge in [0.2, 0.25) is 5.91 Å². The molecule has 23 heavy (non-hydrogen) atoms. The van der Waals surface area contributed by atoms with Crippen LogP contribution in [-0.4, -0.2) is 28.3 Å². The van der Waals surface area contributed by atoms with Crippen LogP contribution in [0.25, 0.3) is 0 Å². The minimum Gasteiger partial charge on any atom is -0.485 e. The first kappa shape index (κ1) is 15.9. The molecule has 1 amide bonds. The number of amides is 1. The molecule has 122 valence electrons. The lowest BCUT2D eigenvalue weighted by molar-refractivity contribution is -0.118. The Hall–Kier alpha value is -2.01. The van der Waals surface area contributed by atoms with Crippen LogP contribution in [0.3, 0.4) is 0 Å². The van der Waals surface area contributed by atoms with Gasteiger partial charge in [0.05, 0.1) is 29.4 Å². The van der Waals surface area contributed by atoms with E-state index >= 15 is 0 Å². The number of benzene rings is 1. The lowest BCUT2D eigenvalue weighted by atomic mass is 10.1. The Bertz CT molecular complexity index is 769. The molecular weight excluding hydrogens is 314 g/mol. The van der Waals surface area contributed by atoms with Crippen LogP contribution in [0.15, 0.2) is 18.2 Å². The normalized spacial score (nSPS) is 16.9. The van der Waals surface area contributed by atoms with Crippen LogP contribution >= 0.6 is 11.6 Å². The summed E-state index contributed by atoms with van der Waals surface area (Å²) in [6.45, 7) is 6.37. The zero-order valence-electron chi connectivity index (χ0n) is 13.8. The lowest BCUT2D eigenvalue weighted by Crippen LogP contribution is -2.43. The van der Waals surface area contributed by atoms with Gasteiger partial charge in [0.15, 0.2) is 5.75 Å². The maximum atomic E-state index is 12.9. The number of ether oxygens (including phenoxy) is 1. The third-order valence-corrected chi connectivity index (χ3v) is 4.58. The SMILES string of the molecule is Cc1nn(C)c(C)c1CC(=O)N1C[C@@H](C)Oc2c(Cl)cccc21. The fourth-order valence-electron chi connectivity index (χ4n) is 2.98. The van der Waals surface area contributed by atoms with E-state index in [2.05, 4.69) is 5.10 Å². The summed E-state index contributed by atoms with van der Waals surface area (Å²) >= 11 is 6.22. The van der Waals surface area contributed by atoms with Crippen molar-refractivity contribution in [3.8, 4) is 5.75 Å². The van der Waals surface area contributed by atoms with Crippen LogP contribution in [0, 0.1) is 13.8 Å². The number of hydrogen-bond donors (Lipinski definition) is 0. The Morgan fingerprint density at radius 2 is 2.17 bits per heavy atom. The first-order valence-electron chi connectivity index (χ1n) is 7.63. The molecule has 3 rings (SSSR count). The molecule has 2 heterocycles. The zero-order valence-corrected chi connectivity index (χ0v) is 14.5. The predicted molar refractivity (Wildman–Crippen MR) is 90.3 cm³/mol. The molecule has 1 aromatic carbocycles. The summed E-state index contributed by atoms with van der Waals surface area (Å²) in [6.07, 6.45) is 0.229. The third-order valence-electron chi connectivity index (χ3n) is 4.28. The number of carbonyl (C=O) groups excluding carboxylic acids is 1. The molecule has 0 saturated carbocycles. The fourth-order valence-corrected chi connectivity index (χ4v) is 3.19. The molecule has 0 spiro atoms. The highest BCUT2D eigenvalue weighted by Crippen LogP contribution is 2.39. The number of para-hydroxylation sites is 1. The summed E-state index contributed by atoms with van der Waals surface area (Å²) in [5.41, 5.74) is 3.63. The van der Waals surface area contributed by atoms with Gasteiger partial charge < -0.3 is 9.64 Å². The molecular formula is C17H20ClN3O2. The predicted octanol–water partition coefficient (Wildman–Crippen LogP) is 3.05. The van der Waals surface area contributed by atoms with E-state index in [1.165, 1.54) is 0 Å². The van der Waals surface area contributed by atoms with E-state index in [0.29, 0.717) is 23.7 Å². The van der Waals surface area contributed by atoms with E-state index in [0.717, 1.165) is 22.6 Å². The lowest BCUT2D eigenvalue weighted by Gasteiger charge is -2.34. The minimum atomic E-state index is -0.0950. The second-order valence-electron chi connectivity index (χ2n) is 5.97. The van der Waals surface area contributed by atoms with Crippen molar-refractivity contribution in [3.05, 3.63) is 40.2 Å². The number of halogens is 1. The summed E-state index contributed by atoms with van der Waals surface area (Å²) in [4.78, 5) is 14.7. The monoisotopic (exact) mass is 333 g/mol. The molecule has 0 radical (unpaired) electrons. The van der Waals surface area contributed by atoms with Crippen molar-refractivity contribution >= 4 is 23.2 Å². The van der Waals surface area contributed by atoms with E-state index in [4.69, 9.17) is 16.3 Å². The van der Waals surface area contributed by atoms with Gasteiger partial charge in [-0.2, -0.15) is 5.10 Å². The molecule has 5 nitrogen and oxygen atoms in total. The molecule has 1 aliphatic heterocycles. The van der Waals surface area contributed by atoms with Gasteiger partial charge in [-0.25, -0.2) is 0 Å². The summed E-state index contributed by atoms with van der Waals surface area (Å²) in [5.74, 6) is 0.615. The largest absolute Gasteiger partial charge is 0.485 e. The molecule has 1 atom stereocenters. The molecule has 0 unspecified atom stereocenters. The standard InChI is InChI=1S/C17H20ClN3O2/c1-10-9-21(15-7-5-6-14(18)17(15)23-10)16(22)8-13-11(2)19-20(4)12(13)3/h5-7,10H,8-9H2,1-4H3/t10-/m1/s1. The van der Waals surface area contributed by atoms with Gasteiger partial charge in [-0.15, -0.1) is 0 Å². The second-order valence-corrected chi connectivity index (χ2v) is 6.38. The molecule has 6 heteroatoms. The van der Waals surface area contributed by atoms with E-state index < -0.39 is 0 Å². The first-order valence-corrected chi connectivity index (χ1v) is 8.01. The summed E-state index contributed by atoms with van der Waals surface area (Å²) in [6, 6.07) is 5.48. The highest BCUT2D eigenvalue weighted by molar-refractivity contribution is 6.32. The summed E-state index contributed by atoms with van der Waals surface area (Å²) in [5, 5.41) is 4.91. The number of hydrogen-bond acceptors (Lipinski definition) is 3. The van der Waals surface area contributed by atoms with Gasteiger partial charge >= 0.3 is 0 Å². The van der Waals surface area contributed by atoms with Gasteiger partial charge in [0, 0.05) is 18.3 Å². The molecule has 0 N–H and O–H groups in total. The molecule has 1 aliphatic rings. The van der Waals surface area contributed by atoms with Crippen molar-refractivity contribution in [2.75, 3.05) is 11.4 Å². The van der Waals surface area contributed by atoms with E-state index in [1.807, 2.05) is 44.6 Å². The van der Waals surface area contributed by atoms with Crippen molar-refractivity contribution < 1.29 is 9.53 Å². The molecule has 1 aromatic heterocycles. The van der Waals surface area contributed by atoms with Crippen molar-refractivity contribution in [3.63, 3.8) is 0 Å². The Morgan fingerprint density at radius 3 is 2.83 bits per heavy atom. The molecule has 0 fully saturated rings. The number of nitrogens with zero attached hydrogens (tertiary/aromatic N) is 3. The molecule has 0 bridgehead atoms. The van der Waals surface area contributed by atoms with Crippen molar-refractivity contribution in [2.24, 2.45) is 7.05 Å². The zero-order chi connectivity index (χ0) is 16.7. The van der Waals surface area contributed by atoms with Crippen LogP contribution in [0.4, 0.5) is 5.69 Å². The van der Waals surface area contributed by atoms with Crippen LogP contribution in [0.1, 0.15) is 23.9 Å². The highest BCUT2D eigenvalue weighted by atomic mass is 35.5. The topological polar surface area (TPSA) is 47.4 Å². The van der Waals surface area contributed by atoms with Gasteiger partial charge in [-0.3, -0.25) is 9.48 Å². The average Bonchev–Trinajstić information content (AvgIpc) is 2.74. The maximum absolute atomic E-state index is 12.9. The van der Waals surface area contributed by atoms with Crippen LogP contribution in [0.5, 0.6) is 5.75 Å². The Kier molecular flexibility index (Phi) is 4.06. The number of anilines is 1. The Balaban J connectivity index is 1.93. The number of carbonyl (C=O) groups is 1. The fraction of sp³-hybridized carbons (Fsp3) is 0.412. The summed E-state index contributed by atoms with van der Waals surface area (Å²) < 4.78 is 7.61. The van der Waals surface area contributed by atoms with Gasteiger partial charge in [0.1, 0.15) is 6.10 Å². The smallest absolute Gasteiger partial charge is 0.231 e. The first-order chi connectivity index (χ1) is 10.9. The summed E-state index contributed by atoms with van der Waals surface area (Å²) in [7, 11) is 1.89. The van der Waals surface area contributed by atoms with E-state index in [-0.39, 0.29) is 12.0 Å². The van der Waals surface area contributed by atoms with Crippen molar-refractivity contribution in [1.82, 2.24) is 9.78 Å². The molecule has 0 saturated heterocycles. The van der Waals surface area contributed by atoms with Crippen molar-refractivity contribution in [2.45, 2.75) is 33.3 Å². The molecule has 0 aliphatic carbocycles. The number of fused-ring (bicyclic) bond motifs is 1. The average molecular weight is 334 g/mol. The Morgan fingerprint density at radius 1 is 1.43 bits per heavy atom. The molecule has 2 aromatic rings. The number of aromatic nitrogens is 2. The highest BCUT2D eigenvalue weighted by Gasteiger charge is 2.29. The van der Waals surface area contributed by atoms with E-state index in [1.54, 1.807) is 11.0 Å². The number of aryl methyl sites for hydroxylation is 2. The van der Waals surface area contributed by atoms with E-state index in [9.17, 15) is 4.79 Å². The van der Waals surface area contributed by atoms with Gasteiger partial charge in [0.25, 0.3) is 0 Å². The quantitative estimate of drug-likeness (QED) is 0.848. The maximum Gasteiger partial charge on any atom is 0.231 e. The minimum absolute atomic E-state index is 0.0304. The Labute approximate surface area is 140 Å². The van der Waals surface area contributed by atoms with Gasteiger partial charge in [-0.1, -0.05) is 17.7 Å².